The molecule has 3 amide bonds. The fourth-order valence-electron chi connectivity index (χ4n) is 3.78. The number of hydrogen-bond donors (Lipinski definition) is 3. The van der Waals surface area contributed by atoms with Gasteiger partial charge in [-0.05, 0) is 17.2 Å². The van der Waals surface area contributed by atoms with Crippen LogP contribution < -0.4 is 21.3 Å². The Hall–Kier alpha value is -3.58. The van der Waals surface area contributed by atoms with Crippen LogP contribution in [0.4, 0.5) is 27.6 Å². The van der Waals surface area contributed by atoms with Gasteiger partial charge in [0, 0.05) is 25.8 Å². The SMILES string of the molecule is COC(C(=O)NCC(F)(F)C(F)(F)F)C(=O)N[C@@H]1C(=O)N(CCN)c2ccccc2-c2ccccc21. The molecule has 2 aromatic rings. The summed E-state index contributed by atoms with van der Waals surface area (Å²) in [4.78, 5) is 40.1. The molecule has 0 saturated heterocycles. The lowest BCUT2D eigenvalue weighted by atomic mass is 9.95. The molecule has 0 bridgehead atoms. The minimum Gasteiger partial charge on any atom is -0.362 e. The van der Waals surface area contributed by atoms with E-state index in [1.165, 1.54) is 10.2 Å². The van der Waals surface area contributed by atoms with Gasteiger partial charge in [0.2, 0.25) is 6.10 Å². The lowest BCUT2D eigenvalue weighted by Gasteiger charge is -2.27. The molecular formula is C23H23F5N4O4. The van der Waals surface area contributed by atoms with Gasteiger partial charge in [0.1, 0.15) is 6.04 Å². The predicted octanol–water partition coefficient (Wildman–Crippen LogP) is 2.15. The smallest absolute Gasteiger partial charge is 0.362 e. The average Bonchev–Trinajstić information content (AvgIpc) is 2.92. The third-order valence-corrected chi connectivity index (χ3v) is 5.52. The summed E-state index contributed by atoms with van der Waals surface area (Å²) in [6, 6.07) is 12.3. The van der Waals surface area contributed by atoms with Gasteiger partial charge in [0.05, 0.1) is 12.2 Å². The first kappa shape index (κ1) is 27.0. The predicted molar refractivity (Wildman–Crippen MR) is 119 cm³/mol. The Morgan fingerprint density at radius 1 is 1.03 bits per heavy atom. The molecule has 3 rings (SSSR count). The number of hydrogen-bond acceptors (Lipinski definition) is 5. The summed E-state index contributed by atoms with van der Waals surface area (Å²) in [5, 5.41) is 3.76. The maximum absolute atomic E-state index is 13.5. The molecule has 8 nitrogen and oxygen atoms in total. The normalized spacial score (nSPS) is 16.5. The number of benzene rings is 2. The van der Waals surface area contributed by atoms with Gasteiger partial charge in [-0.1, -0.05) is 42.5 Å². The van der Waals surface area contributed by atoms with Gasteiger partial charge in [-0.25, -0.2) is 0 Å². The summed E-state index contributed by atoms with van der Waals surface area (Å²) in [7, 11) is 0.894. The number of nitrogens with zero attached hydrogens (tertiary/aromatic N) is 1. The van der Waals surface area contributed by atoms with E-state index in [1.807, 2.05) is 0 Å². The monoisotopic (exact) mass is 514 g/mol. The lowest BCUT2D eigenvalue weighted by molar-refractivity contribution is -0.278. The molecule has 2 atom stereocenters. The zero-order valence-corrected chi connectivity index (χ0v) is 18.9. The summed E-state index contributed by atoms with van der Waals surface area (Å²) in [5.41, 5.74) is 7.89. The molecule has 4 N–H and O–H groups in total. The maximum Gasteiger partial charge on any atom is 0.455 e. The quantitative estimate of drug-likeness (QED) is 0.369. The number of rotatable bonds is 8. The Bertz CT molecular complexity index is 1140. The fraction of sp³-hybridized carbons (Fsp3) is 0.348. The molecule has 1 aliphatic heterocycles. The van der Waals surface area contributed by atoms with Crippen molar-refractivity contribution in [3.63, 3.8) is 0 Å². The summed E-state index contributed by atoms with van der Waals surface area (Å²) in [5.74, 6) is -8.56. The molecule has 13 heteroatoms. The number of carbonyl (C=O) groups is 3. The Morgan fingerprint density at radius 2 is 1.64 bits per heavy atom. The van der Waals surface area contributed by atoms with Crippen LogP contribution in [0, 0.1) is 0 Å². The number of nitrogens with one attached hydrogen (secondary N) is 2. The summed E-state index contributed by atoms with van der Waals surface area (Å²) in [6.07, 6.45) is -8.01. The molecule has 1 heterocycles. The van der Waals surface area contributed by atoms with E-state index in [9.17, 15) is 36.3 Å². The van der Waals surface area contributed by atoms with Gasteiger partial charge < -0.3 is 26.0 Å². The fourth-order valence-corrected chi connectivity index (χ4v) is 3.78. The van der Waals surface area contributed by atoms with Crippen molar-refractivity contribution < 1.29 is 41.1 Å². The van der Waals surface area contributed by atoms with E-state index in [1.54, 1.807) is 48.5 Å². The van der Waals surface area contributed by atoms with Crippen molar-refractivity contribution >= 4 is 23.4 Å². The molecule has 0 radical (unpaired) electrons. The molecule has 0 spiro atoms. The third-order valence-electron chi connectivity index (χ3n) is 5.52. The van der Waals surface area contributed by atoms with Crippen LogP contribution in [0.5, 0.6) is 0 Å². The van der Waals surface area contributed by atoms with E-state index in [0.717, 1.165) is 7.11 Å². The number of amides is 3. The van der Waals surface area contributed by atoms with Crippen LogP contribution in [0.1, 0.15) is 11.6 Å². The van der Waals surface area contributed by atoms with Crippen molar-refractivity contribution in [2.24, 2.45) is 5.73 Å². The van der Waals surface area contributed by atoms with E-state index in [4.69, 9.17) is 10.5 Å². The number of fused-ring (bicyclic) bond motifs is 3. The van der Waals surface area contributed by atoms with Crippen molar-refractivity contribution in [1.82, 2.24) is 10.6 Å². The highest BCUT2D eigenvalue weighted by Crippen LogP contribution is 2.40. The number of para-hydroxylation sites is 1. The first-order chi connectivity index (χ1) is 16.9. The number of methoxy groups -OCH3 is 1. The van der Waals surface area contributed by atoms with E-state index in [2.05, 4.69) is 5.32 Å². The molecule has 0 fully saturated rings. The van der Waals surface area contributed by atoms with Crippen molar-refractivity contribution in [3.8, 4) is 11.1 Å². The molecule has 1 aliphatic rings. The molecule has 0 saturated carbocycles. The molecule has 36 heavy (non-hydrogen) atoms. The van der Waals surface area contributed by atoms with Gasteiger partial charge >= 0.3 is 12.1 Å². The summed E-state index contributed by atoms with van der Waals surface area (Å²) in [6.45, 7) is -1.90. The minimum absolute atomic E-state index is 0.0909. The lowest BCUT2D eigenvalue weighted by Crippen LogP contribution is -2.54. The highest BCUT2D eigenvalue weighted by molar-refractivity contribution is 6.09. The third kappa shape index (κ3) is 5.31. The maximum atomic E-state index is 13.5. The van der Waals surface area contributed by atoms with Crippen LogP contribution >= 0.6 is 0 Å². The summed E-state index contributed by atoms with van der Waals surface area (Å²) < 4.78 is 68.4. The molecule has 1 unspecified atom stereocenters. The van der Waals surface area contributed by atoms with Crippen molar-refractivity contribution in [2.75, 3.05) is 31.6 Å². The minimum atomic E-state index is -5.90. The van der Waals surface area contributed by atoms with Gasteiger partial charge in [-0.2, -0.15) is 22.0 Å². The van der Waals surface area contributed by atoms with Crippen LogP contribution in [-0.4, -0.2) is 62.7 Å². The Morgan fingerprint density at radius 3 is 2.25 bits per heavy atom. The van der Waals surface area contributed by atoms with E-state index < -0.39 is 48.5 Å². The molecule has 0 aromatic heterocycles. The number of carbonyl (C=O) groups excluding carboxylic acids is 3. The highest BCUT2D eigenvalue weighted by atomic mass is 19.4. The Labute approximate surface area is 202 Å². The first-order valence-electron chi connectivity index (χ1n) is 10.7. The van der Waals surface area contributed by atoms with Crippen molar-refractivity contribution in [3.05, 3.63) is 54.1 Å². The second kappa shape index (κ2) is 10.6. The zero-order valence-electron chi connectivity index (χ0n) is 18.9. The second-order valence-corrected chi connectivity index (χ2v) is 7.86. The van der Waals surface area contributed by atoms with Crippen LogP contribution in [-0.2, 0) is 19.1 Å². The molecule has 2 aromatic carbocycles. The Kier molecular flexibility index (Phi) is 7.94. The highest BCUT2D eigenvalue weighted by Gasteiger charge is 2.57. The van der Waals surface area contributed by atoms with Gasteiger partial charge in [-0.3, -0.25) is 14.4 Å². The number of ether oxygens (including phenoxy) is 1. The average molecular weight is 514 g/mol. The van der Waals surface area contributed by atoms with Crippen LogP contribution in [0.2, 0.25) is 0 Å². The van der Waals surface area contributed by atoms with Gasteiger partial charge in [0.15, 0.2) is 0 Å². The van der Waals surface area contributed by atoms with Crippen molar-refractivity contribution in [2.45, 2.75) is 24.2 Å². The summed E-state index contributed by atoms with van der Waals surface area (Å²) >= 11 is 0. The Balaban J connectivity index is 1.90. The van der Waals surface area contributed by atoms with Gasteiger partial charge in [-0.15, -0.1) is 0 Å². The molecule has 194 valence electrons. The van der Waals surface area contributed by atoms with Gasteiger partial charge in [0.25, 0.3) is 17.7 Å². The molecule has 0 aliphatic carbocycles. The number of alkyl halides is 5. The largest absolute Gasteiger partial charge is 0.455 e. The van der Waals surface area contributed by atoms with Crippen LogP contribution in [0.3, 0.4) is 0 Å². The standard InChI is InChI=1S/C23H23F5N4O4/c1-36-18(19(33)30-12-22(24,25)23(26,27)28)20(34)31-17-15-8-3-2-6-13(15)14-7-4-5-9-16(14)32(11-10-29)21(17)35/h2-9,17-18H,10-12,29H2,1H3,(H,30,33)(H,31,34)/t17-,18?/m0/s1. The first-order valence-corrected chi connectivity index (χ1v) is 10.7. The van der Waals surface area contributed by atoms with E-state index in [-0.39, 0.29) is 13.1 Å². The van der Waals surface area contributed by atoms with Crippen molar-refractivity contribution in [1.29, 1.82) is 0 Å². The van der Waals surface area contributed by atoms with E-state index >= 15 is 0 Å². The van der Waals surface area contributed by atoms with Crippen LogP contribution in [0.25, 0.3) is 11.1 Å². The van der Waals surface area contributed by atoms with E-state index in [0.29, 0.717) is 22.4 Å². The zero-order chi connectivity index (χ0) is 26.7. The number of nitrogens with two attached hydrogens (primary N) is 1. The second-order valence-electron chi connectivity index (χ2n) is 7.86. The number of halogens is 5. The number of anilines is 1. The van der Waals surface area contributed by atoms with Crippen LogP contribution in [0.15, 0.2) is 48.5 Å². The molecular weight excluding hydrogens is 491 g/mol. The topological polar surface area (TPSA) is 114 Å².